The van der Waals surface area contributed by atoms with Gasteiger partial charge in [0.1, 0.15) is 5.67 Å². The van der Waals surface area contributed by atoms with Crippen LogP contribution in [0.5, 0.6) is 0 Å². The molecule has 26 heavy (non-hydrogen) atoms. The zero-order chi connectivity index (χ0) is 18.3. The van der Waals surface area contributed by atoms with Crippen LogP contribution in [0.1, 0.15) is 49.7 Å². The number of nitrogens with one attached hydrogen (secondary N) is 1. The molecule has 1 aliphatic carbocycles. The zero-order valence-corrected chi connectivity index (χ0v) is 16.0. The van der Waals surface area contributed by atoms with E-state index in [1.54, 1.807) is 0 Å². The van der Waals surface area contributed by atoms with Gasteiger partial charge in [0.05, 0.1) is 6.42 Å². The number of aryl methyl sites for hydroxylation is 2. The summed E-state index contributed by atoms with van der Waals surface area (Å²) in [7, 11) is 0. The Morgan fingerprint density at radius 2 is 1.92 bits per heavy atom. The highest BCUT2D eigenvalue weighted by atomic mass is 19.1. The Morgan fingerprint density at radius 1 is 1.19 bits per heavy atom. The molecule has 3 fully saturated rings. The minimum atomic E-state index is -1.24. The number of hydrogen-bond acceptors (Lipinski definition) is 3. The van der Waals surface area contributed by atoms with Crippen molar-refractivity contribution in [3.8, 4) is 0 Å². The maximum absolute atomic E-state index is 13.8. The molecule has 2 heterocycles. The van der Waals surface area contributed by atoms with E-state index in [2.05, 4.69) is 27.2 Å². The van der Waals surface area contributed by atoms with Gasteiger partial charge in [0.2, 0.25) is 5.91 Å². The van der Waals surface area contributed by atoms with E-state index in [0.717, 1.165) is 36.4 Å². The predicted octanol–water partition coefficient (Wildman–Crippen LogP) is 3.81. The second kappa shape index (κ2) is 6.84. The smallest absolute Gasteiger partial charge is 0.227 e. The SMILES string of the molecule is Cc1cc(N2CCN3CCCC[C@H]3C2)cc(C)c1NC(=O)CC1(F)CC1. The molecule has 142 valence electrons. The van der Waals surface area contributed by atoms with E-state index in [-0.39, 0.29) is 12.3 Å². The van der Waals surface area contributed by atoms with E-state index in [0.29, 0.717) is 18.9 Å². The molecule has 1 amide bonds. The van der Waals surface area contributed by atoms with Crippen LogP contribution in [0.15, 0.2) is 12.1 Å². The summed E-state index contributed by atoms with van der Waals surface area (Å²) in [6, 6.07) is 5.02. The van der Waals surface area contributed by atoms with E-state index in [1.165, 1.54) is 31.5 Å². The summed E-state index contributed by atoms with van der Waals surface area (Å²) >= 11 is 0. The van der Waals surface area contributed by atoms with E-state index < -0.39 is 5.67 Å². The minimum absolute atomic E-state index is 0.0166. The summed E-state index contributed by atoms with van der Waals surface area (Å²) in [6.07, 6.45) is 5.00. The number of piperidine rings is 1. The van der Waals surface area contributed by atoms with Gasteiger partial charge in [-0.1, -0.05) is 6.42 Å². The molecule has 1 aromatic rings. The van der Waals surface area contributed by atoms with Gasteiger partial charge < -0.3 is 10.2 Å². The average Bonchev–Trinajstić information content (AvgIpc) is 3.34. The highest BCUT2D eigenvalue weighted by Gasteiger charge is 2.45. The van der Waals surface area contributed by atoms with Crippen LogP contribution < -0.4 is 10.2 Å². The van der Waals surface area contributed by atoms with Crippen LogP contribution in [0.25, 0.3) is 0 Å². The maximum atomic E-state index is 13.8. The lowest BCUT2D eigenvalue weighted by atomic mass is 9.98. The molecule has 1 atom stereocenters. The molecule has 0 bridgehead atoms. The standard InChI is InChI=1S/C21H30FN3O/c1-15-11-18(25-10-9-24-8-4-3-5-17(24)14-25)12-16(2)20(15)23-19(26)13-21(22)6-7-21/h11-12,17H,3-10,13-14H2,1-2H3,(H,23,26)/t17-/m0/s1. The van der Waals surface area contributed by atoms with Crippen molar-refractivity contribution in [2.24, 2.45) is 0 Å². The lowest BCUT2D eigenvalue weighted by Gasteiger charge is -2.45. The number of hydrogen-bond donors (Lipinski definition) is 1. The summed E-state index contributed by atoms with van der Waals surface area (Å²) < 4.78 is 13.8. The van der Waals surface area contributed by atoms with Gasteiger partial charge in [-0.15, -0.1) is 0 Å². The van der Waals surface area contributed by atoms with Gasteiger partial charge in [-0.05, 0) is 69.3 Å². The number of anilines is 2. The largest absolute Gasteiger partial charge is 0.369 e. The fraction of sp³-hybridized carbons (Fsp3) is 0.667. The number of nitrogens with zero attached hydrogens (tertiary/aromatic N) is 2. The molecule has 2 saturated heterocycles. The Labute approximate surface area is 155 Å². The van der Waals surface area contributed by atoms with Crippen LogP contribution in [-0.4, -0.2) is 48.7 Å². The van der Waals surface area contributed by atoms with Crippen molar-refractivity contribution in [2.75, 3.05) is 36.4 Å². The number of piperazine rings is 1. The van der Waals surface area contributed by atoms with Gasteiger partial charge in [0.15, 0.2) is 0 Å². The molecule has 0 spiro atoms. The van der Waals surface area contributed by atoms with Gasteiger partial charge in [0.25, 0.3) is 0 Å². The highest BCUT2D eigenvalue weighted by molar-refractivity contribution is 5.93. The Bertz CT molecular complexity index is 677. The molecule has 5 heteroatoms. The van der Waals surface area contributed by atoms with Gasteiger partial charge >= 0.3 is 0 Å². The quantitative estimate of drug-likeness (QED) is 0.888. The Morgan fingerprint density at radius 3 is 2.62 bits per heavy atom. The first-order chi connectivity index (χ1) is 12.4. The lowest BCUT2D eigenvalue weighted by molar-refractivity contribution is -0.117. The number of fused-ring (bicyclic) bond motifs is 1. The molecule has 2 aliphatic heterocycles. The third kappa shape index (κ3) is 3.73. The maximum Gasteiger partial charge on any atom is 0.227 e. The van der Waals surface area contributed by atoms with Crippen LogP contribution in [0.4, 0.5) is 15.8 Å². The molecular formula is C21H30FN3O. The van der Waals surface area contributed by atoms with Crippen LogP contribution >= 0.6 is 0 Å². The zero-order valence-electron chi connectivity index (χ0n) is 16.0. The molecule has 0 radical (unpaired) electrons. The molecule has 0 unspecified atom stereocenters. The normalized spacial score (nSPS) is 24.9. The number of halogens is 1. The highest BCUT2D eigenvalue weighted by Crippen LogP contribution is 2.43. The molecular weight excluding hydrogens is 329 g/mol. The number of carbonyl (C=O) groups excluding carboxylic acids is 1. The van der Waals surface area contributed by atoms with Gasteiger partial charge in [0, 0.05) is 37.1 Å². The summed E-state index contributed by atoms with van der Waals surface area (Å²) in [5.74, 6) is -0.209. The summed E-state index contributed by atoms with van der Waals surface area (Å²) in [5, 5.41) is 2.94. The number of benzene rings is 1. The number of carbonyl (C=O) groups is 1. The average molecular weight is 359 g/mol. The first kappa shape index (κ1) is 17.8. The fourth-order valence-corrected chi connectivity index (χ4v) is 4.49. The number of rotatable bonds is 4. The second-order valence-corrected chi connectivity index (χ2v) is 8.46. The van der Waals surface area contributed by atoms with E-state index in [9.17, 15) is 9.18 Å². The molecule has 3 aliphatic rings. The van der Waals surface area contributed by atoms with E-state index in [4.69, 9.17) is 0 Å². The van der Waals surface area contributed by atoms with Gasteiger partial charge in [-0.2, -0.15) is 0 Å². The van der Waals surface area contributed by atoms with Crippen molar-refractivity contribution in [1.82, 2.24) is 4.90 Å². The topological polar surface area (TPSA) is 35.6 Å². The molecule has 0 aromatic heterocycles. The number of amides is 1. The molecule has 4 nitrogen and oxygen atoms in total. The van der Waals surface area contributed by atoms with Crippen molar-refractivity contribution in [1.29, 1.82) is 0 Å². The lowest BCUT2D eigenvalue weighted by Crippen LogP contribution is -2.54. The van der Waals surface area contributed by atoms with E-state index in [1.807, 2.05) is 13.8 Å². The summed E-state index contributed by atoms with van der Waals surface area (Å²) in [6.45, 7) is 8.61. The van der Waals surface area contributed by atoms with Crippen molar-refractivity contribution in [3.05, 3.63) is 23.3 Å². The van der Waals surface area contributed by atoms with Crippen molar-refractivity contribution >= 4 is 17.3 Å². The van der Waals surface area contributed by atoms with Crippen molar-refractivity contribution in [3.63, 3.8) is 0 Å². The monoisotopic (exact) mass is 359 g/mol. The van der Waals surface area contributed by atoms with Crippen molar-refractivity contribution in [2.45, 2.75) is 64.1 Å². The minimum Gasteiger partial charge on any atom is -0.369 e. The third-order valence-corrected chi connectivity index (χ3v) is 6.25. The Hall–Kier alpha value is -1.62. The van der Waals surface area contributed by atoms with Gasteiger partial charge in [-0.3, -0.25) is 9.69 Å². The third-order valence-electron chi connectivity index (χ3n) is 6.25. The van der Waals surface area contributed by atoms with Crippen LogP contribution in [0.3, 0.4) is 0 Å². The fourth-order valence-electron chi connectivity index (χ4n) is 4.49. The molecule has 1 saturated carbocycles. The number of alkyl halides is 1. The van der Waals surface area contributed by atoms with Gasteiger partial charge in [-0.25, -0.2) is 4.39 Å². The summed E-state index contributed by atoms with van der Waals surface area (Å²) in [5.41, 5.74) is 2.96. The molecule has 4 rings (SSSR count). The molecule has 1 aromatic carbocycles. The van der Waals surface area contributed by atoms with Crippen LogP contribution in [0.2, 0.25) is 0 Å². The van der Waals surface area contributed by atoms with Crippen LogP contribution in [0, 0.1) is 13.8 Å². The van der Waals surface area contributed by atoms with E-state index >= 15 is 0 Å². The Balaban J connectivity index is 1.46. The van der Waals surface area contributed by atoms with Crippen molar-refractivity contribution < 1.29 is 9.18 Å². The summed E-state index contributed by atoms with van der Waals surface area (Å²) in [4.78, 5) is 17.3. The first-order valence-corrected chi connectivity index (χ1v) is 10.0. The van der Waals surface area contributed by atoms with Crippen LogP contribution in [-0.2, 0) is 4.79 Å². The Kier molecular flexibility index (Phi) is 4.68. The second-order valence-electron chi connectivity index (χ2n) is 8.46. The molecule has 1 N–H and O–H groups in total. The predicted molar refractivity (Wildman–Crippen MR) is 104 cm³/mol. The first-order valence-electron chi connectivity index (χ1n) is 10.0.